The van der Waals surface area contributed by atoms with E-state index < -0.39 is 0 Å². The molecule has 8 rings (SSSR count). The van der Waals surface area contributed by atoms with Crippen molar-refractivity contribution < 1.29 is 4.42 Å². The first-order valence-corrected chi connectivity index (χ1v) is 18.4. The smallest absolute Gasteiger partial charge is 0.200 e. The molecule has 0 unspecified atom stereocenters. The van der Waals surface area contributed by atoms with E-state index in [4.69, 9.17) is 14.4 Å². The van der Waals surface area contributed by atoms with E-state index in [1.165, 1.54) is 10.8 Å². The zero-order valence-corrected chi connectivity index (χ0v) is 31.2. The first kappa shape index (κ1) is 34.5. The minimum atomic E-state index is -0.167. The summed E-state index contributed by atoms with van der Waals surface area (Å²) >= 11 is 0. The SMILES string of the molecule is C=C(N=C(/C=C(\C)c1ccccc1)c1ccccc1)c1ccccc1-c1c(-c2cccc(-c3ccc4oc(C(C)(C)C)nc4c3)c2)ccc2ccccc12. The molecule has 1 heterocycles. The van der Waals surface area contributed by atoms with Crippen molar-refractivity contribution in [2.45, 2.75) is 33.1 Å². The quantitative estimate of drug-likeness (QED) is 0.148. The highest BCUT2D eigenvalue weighted by Gasteiger charge is 2.21. The Labute approximate surface area is 317 Å². The Morgan fingerprint density at radius 2 is 1.30 bits per heavy atom. The Hall–Kier alpha value is -6.58. The van der Waals surface area contributed by atoms with E-state index in [1.54, 1.807) is 0 Å². The first-order chi connectivity index (χ1) is 26.2. The third-order valence-corrected chi connectivity index (χ3v) is 9.88. The van der Waals surface area contributed by atoms with Crippen LogP contribution >= 0.6 is 0 Å². The highest BCUT2D eigenvalue weighted by atomic mass is 16.3. The second kappa shape index (κ2) is 14.4. The topological polar surface area (TPSA) is 38.4 Å². The molecule has 0 aliphatic carbocycles. The summed E-state index contributed by atoms with van der Waals surface area (Å²) in [4.78, 5) is 10.1. The van der Waals surface area contributed by atoms with Crippen LogP contribution in [0.1, 0.15) is 50.3 Å². The Morgan fingerprint density at radius 1 is 0.630 bits per heavy atom. The van der Waals surface area contributed by atoms with E-state index in [0.717, 1.165) is 78.3 Å². The summed E-state index contributed by atoms with van der Waals surface area (Å²) in [6, 6.07) is 57.4. The third-order valence-electron chi connectivity index (χ3n) is 9.88. The Balaban J connectivity index is 1.26. The van der Waals surface area contributed by atoms with Crippen LogP contribution in [-0.2, 0) is 5.41 Å². The van der Waals surface area contributed by atoms with Gasteiger partial charge in [-0.1, -0.05) is 173 Å². The van der Waals surface area contributed by atoms with Crippen LogP contribution in [0.3, 0.4) is 0 Å². The summed E-state index contributed by atoms with van der Waals surface area (Å²) in [5.41, 5.74) is 14.1. The van der Waals surface area contributed by atoms with Gasteiger partial charge in [0, 0.05) is 16.5 Å². The van der Waals surface area contributed by atoms with Gasteiger partial charge >= 0.3 is 0 Å². The minimum absolute atomic E-state index is 0.167. The van der Waals surface area contributed by atoms with Gasteiger partial charge in [0.15, 0.2) is 5.58 Å². The minimum Gasteiger partial charge on any atom is -0.440 e. The number of allylic oxidation sites excluding steroid dienone is 2. The number of hydrogen-bond acceptors (Lipinski definition) is 3. The lowest BCUT2D eigenvalue weighted by atomic mass is 9.86. The van der Waals surface area contributed by atoms with Crippen LogP contribution < -0.4 is 0 Å². The van der Waals surface area contributed by atoms with E-state index in [1.807, 2.05) is 18.2 Å². The molecule has 0 atom stereocenters. The van der Waals surface area contributed by atoms with Gasteiger partial charge < -0.3 is 4.42 Å². The summed E-state index contributed by atoms with van der Waals surface area (Å²) < 4.78 is 6.11. The molecule has 0 aliphatic heterocycles. The van der Waals surface area contributed by atoms with Crippen molar-refractivity contribution in [2.75, 3.05) is 0 Å². The monoisotopic (exact) mass is 698 g/mol. The van der Waals surface area contributed by atoms with E-state index in [-0.39, 0.29) is 5.41 Å². The maximum absolute atomic E-state index is 6.11. The molecule has 0 spiro atoms. The van der Waals surface area contributed by atoms with Crippen LogP contribution in [0.4, 0.5) is 0 Å². The molecule has 0 fully saturated rings. The number of benzene rings is 7. The van der Waals surface area contributed by atoms with Crippen LogP contribution in [0.2, 0.25) is 0 Å². The molecule has 8 aromatic rings. The summed E-state index contributed by atoms with van der Waals surface area (Å²) in [5.74, 6) is 0.743. The van der Waals surface area contributed by atoms with Crippen molar-refractivity contribution in [2.24, 2.45) is 4.99 Å². The zero-order chi connectivity index (χ0) is 37.2. The first-order valence-electron chi connectivity index (χ1n) is 18.4. The van der Waals surface area contributed by atoms with Crippen molar-refractivity contribution in [3.63, 3.8) is 0 Å². The molecule has 0 saturated heterocycles. The van der Waals surface area contributed by atoms with Crippen LogP contribution in [0.15, 0.2) is 186 Å². The van der Waals surface area contributed by atoms with Crippen LogP contribution in [0, 0.1) is 0 Å². The molecule has 0 saturated carbocycles. The molecule has 0 aliphatic rings. The number of rotatable bonds is 8. The second-order valence-electron chi connectivity index (χ2n) is 14.8. The summed E-state index contributed by atoms with van der Waals surface area (Å²) in [7, 11) is 0. The van der Waals surface area contributed by atoms with Gasteiger partial charge in [0.1, 0.15) is 5.52 Å². The molecule has 0 amide bonds. The maximum Gasteiger partial charge on any atom is 0.200 e. The second-order valence-corrected chi connectivity index (χ2v) is 14.8. The van der Waals surface area contributed by atoms with E-state index in [2.05, 4.69) is 186 Å². The van der Waals surface area contributed by atoms with Crippen LogP contribution in [0.25, 0.3) is 66.5 Å². The van der Waals surface area contributed by atoms with E-state index in [9.17, 15) is 0 Å². The predicted octanol–water partition coefficient (Wildman–Crippen LogP) is 13.8. The van der Waals surface area contributed by atoms with Crippen LogP contribution in [0.5, 0.6) is 0 Å². The van der Waals surface area contributed by atoms with Gasteiger partial charge in [0.25, 0.3) is 0 Å². The molecule has 0 N–H and O–H groups in total. The van der Waals surface area contributed by atoms with Crippen molar-refractivity contribution in [3.05, 3.63) is 199 Å². The molecule has 54 heavy (non-hydrogen) atoms. The highest BCUT2D eigenvalue weighted by molar-refractivity contribution is 6.14. The summed E-state index contributed by atoms with van der Waals surface area (Å²) in [5, 5.41) is 2.35. The number of aliphatic imine (C=N–C) groups is 1. The lowest BCUT2D eigenvalue weighted by Gasteiger charge is -2.18. The number of hydrogen-bond donors (Lipinski definition) is 0. The molecule has 0 radical (unpaired) electrons. The van der Waals surface area contributed by atoms with Crippen molar-refractivity contribution in [1.29, 1.82) is 0 Å². The molecular formula is C51H42N2O. The Bertz CT molecular complexity index is 2710. The third kappa shape index (κ3) is 6.97. The van der Waals surface area contributed by atoms with E-state index in [0.29, 0.717) is 5.70 Å². The molecule has 3 heteroatoms. The summed E-state index contributed by atoms with van der Waals surface area (Å²) in [6.45, 7) is 13.1. The number of oxazole rings is 1. The molecule has 0 bridgehead atoms. The molecular weight excluding hydrogens is 657 g/mol. The largest absolute Gasteiger partial charge is 0.440 e. The lowest BCUT2D eigenvalue weighted by Crippen LogP contribution is -2.10. The average Bonchev–Trinajstić information content (AvgIpc) is 3.66. The Morgan fingerprint density at radius 3 is 2.07 bits per heavy atom. The molecule has 7 aromatic carbocycles. The fourth-order valence-electron chi connectivity index (χ4n) is 7.03. The lowest BCUT2D eigenvalue weighted by molar-refractivity contribution is 0.411. The maximum atomic E-state index is 6.11. The zero-order valence-electron chi connectivity index (χ0n) is 31.2. The molecule has 262 valence electrons. The van der Waals surface area contributed by atoms with Gasteiger partial charge in [0.2, 0.25) is 5.89 Å². The number of fused-ring (bicyclic) bond motifs is 2. The average molecular weight is 699 g/mol. The van der Waals surface area contributed by atoms with Gasteiger partial charge in [-0.2, -0.15) is 0 Å². The van der Waals surface area contributed by atoms with E-state index >= 15 is 0 Å². The van der Waals surface area contributed by atoms with Gasteiger partial charge in [-0.05, 0) is 86.5 Å². The molecule has 1 aromatic heterocycles. The summed E-state index contributed by atoms with van der Waals surface area (Å²) in [6.07, 6.45) is 2.16. The predicted molar refractivity (Wildman–Crippen MR) is 229 cm³/mol. The standard InChI is InChI=1S/C51H42N2O/c1-34(36-17-8-6-9-18-36)31-46(38-20-10-7-11-21-38)52-35(2)42-24-14-15-26-45(42)49-43-25-13-12-19-37(43)27-29-44(49)41-23-16-22-39(32-41)40-28-30-48-47(33-40)53-50(54-48)51(3,4)5/h6-33H,2H2,1,3-5H3/b34-31+,52-46?. The van der Waals surface area contributed by atoms with Gasteiger partial charge in [-0.3, -0.25) is 0 Å². The number of aromatic nitrogens is 1. The van der Waals surface area contributed by atoms with Crippen molar-refractivity contribution in [1.82, 2.24) is 4.98 Å². The Kier molecular flexibility index (Phi) is 9.23. The fraction of sp³-hybridized carbons (Fsp3) is 0.0980. The van der Waals surface area contributed by atoms with Gasteiger partial charge in [0.05, 0.1) is 11.4 Å². The molecule has 3 nitrogen and oxygen atoms in total. The normalized spacial score (nSPS) is 12.4. The van der Waals surface area contributed by atoms with Crippen LogP contribution in [-0.4, -0.2) is 10.7 Å². The fourth-order valence-corrected chi connectivity index (χ4v) is 7.03. The number of nitrogens with zero attached hydrogens (tertiary/aromatic N) is 2. The van der Waals surface area contributed by atoms with Gasteiger partial charge in [-0.15, -0.1) is 0 Å². The highest BCUT2D eigenvalue weighted by Crippen LogP contribution is 2.42. The van der Waals surface area contributed by atoms with Crippen molar-refractivity contribution in [3.8, 4) is 33.4 Å². The van der Waals surface area contributed by atoms with Crippen molar-refractivity contribution >= 4 is 38.9 Å². The van der Waals surface area contributed by atoms with Gasteiger partial charge in [-0.25, -0.2) is 9.98 Å².